The minimum atomic E-state index is -0.384. The molecule has 0 aromatic heterocycles. The molecule has 2 aromatic carbocycles. The number of hydrogen-bond acceptors (Lipinski definition) is 6. The van der Waals surface area contributed by atoms with E-state index in [1.165, 1.54) is 24.2 Å². The van der Waals surface area contributed by atoms with E-state index in [1.54, 1.807) is 6.92 Å². The van der Waals surface area contributed by atoms with Crippen molar-refractivity contribution in [3.05, 3.63) is 53.6 Å². The monoisotopic (exact) mass is 503 g/mol. The number of nitrogens with zero attached hydrogens (tertiary/aromatic N) is 3. The van der Waals surface area contributed by atoms with Crippen LogP contribution in [0.2, 0.25) is 0 Å². The van der Waals surface area contributed by atoms with Gasteiger partial charge in [0.05, 0.1) is 6.54 Å². The summed E-state index contributed by atoms with van der Waals surface area (Å²) in [5.41, 5.74) is 2.56. The van der Waals surface area contributed by atoms with E-state index in [0.29, 0.717) is 35.8 Å². The second-order valence-corrected chi connectivity index (χ2v) is 10.6. The van der Waals surface area contributed by atoms with Crippen molar-refractivity contribution >= 4 is 34.2 Å². The Kier molecular flexibility index (Phi) is 7.60. The number of esters is 1. The summed E-state index contributed by atoms with van der Waals surface area (Å²) in [6.45, 7) is 9.33. The van der Waals surface area contributed by atoms with Gasteiger partial charge in [0, 0.05) is 52.3 Å². The number of amides is 2. The Morgan fingerprint density at radius 2 is 1.68 bits per heavy atom. The zero-order valence-electron chi connectivity index (χ0n) is 21.8. The second kappa shape index (κ2) is 11.1. The molecule has 0 radical (unpaired) electrons. The Bertz CT molecular complexity index is 1190. The largest absolute Gasteiger partial charge is 0.460 e. The van der Waals surface area contributed by atoms with E-state index in [4.69, 9.17) is 4.74 Å². The van der Waals surface area contributed by atoms with Gasteiger partial charge in [0.1, 0.15) is 6.61 Å². The third-order valence-electron chi connectivity index (χ3n) is 8.05. The van der Waals surface area contributed by atoms with E-state index >= 15 is 0 Å². The molecule has 5 rings (SSSR count). The Morgan fingerprint density at radius 3 is 2.38 bits per heavy atom. The van der Waals surface area contributed by atoms with Gasteiger partial charge in [-0.25, -0.2) is 4.79 Å². The molecule has 1 saturated heterocycles. The molecule has 2 aliphatic heterocycles. The van der Waals surface area contributed by atoms with Gasteiger partial charge in [0.2, 0.25) is 0 Å². The molecular weight excluding hydrogens is 466 g/mol. The molecule has 37 heavy (non-hydrogen) atoms. The summed E-state index contributed by atoms with van der Waals surface area (Å²) >= 11 is 0. The highest BCUT2D eigenvalue weighted by molar-refractivity contribution is 6.26. The lowest BCUT2D eigenvalue weighted by Crippen LogP contribution is -2.44. The molecule has 0 unspecified atom stereocenters. The van der Waals surface area contributed by atoms with Crippen LogP contribution in [0.4, 0.5) is 5.69 Å². The summed E-state index contributed by atoms with van der Waals surface area (Å²) in [5.74, 6) is -0.802. The van der Waals surface area contributed by atoms with Crippen molar-refractivity contribution in [2.24, 2.45) is 0 Å². The third-order valence-corrected chi connectivity index (χ3v) is 8.05. The number of hydrogen-bond donors (Lipinski definition) is 0. The normalized spacial score (nSPS) is 18.5. The van der Waals surface area contributed by atoms with Crippen molar-refractivity contribution in [2.45, 2.75) is 57.9 Å². The Balaban J connectivity index is 1.46. The van der Waals surface area contributed by atoms with E-state index in [2.05, 4.69) is 16.4 Å². The van der Waals surface area contributed by atoms with Gasteiger partial charge >= 0.3 is 5.97 Å². The first-order valence-electron chi connectivity index (χ1n) is 13.7. The Labute approximate surface area is 219 Å². The topological polar surface area (TPSA) is 70.2 Å². The SMILES string of the molecule is C=C(C)C(=O)OCCN(c1ccc2c3c(cccc13)C(=O)N(CCN1CCCC1)C2=O)C1CCCCC1. The first-order chi connectivity index (χ1) is 18.0. The van der Waals surface area contributed by atoms with Gasteiger partial charge in [-0.3, -0.25) is 14.5 Å². The van der Waals surface area contributed by atoms with Crippen LogP contribution >= 0.6 is 0 Å². The fourth-order valence-electron chi connectivity index (χ4n) is 6.08. The summed E-state index contributed by atoms with van der Waals surface area (Å²) in [6.07, 6.45) is 8.05. The fraction of sp³-hybridized carbons (Fsp3) is 0.500. The smallest absolute Gasteiger partial charge is 0.333 e. The van der Waals surface area contributed by atoms with Crippen molar-refractivity contribution < 1.29 is 19.1 Å². The minimum Gasteiger partial charge on any atom is -0.460 e. The molecular formula is C30H37N3O4. The van der Waals surface area contributed by atoms with Crippen molar-refractivity contribution in [1.82, 2.24) is 9.80 Å². The lowest BCUT2D eigenvalue weighted by molar-refractivity contribution is -0.138. The summed E-state index contributed by atoms with van der Waals surface area (Å²) in [7, 11) is 0. The van der Waals surface area contributed by atoms with Crippen molar-refractivity contribution in [3.8, 4) is 0 Å². The average Bonchev–Trinajstić information content (AvgIpc) is 3.43. The molecule has 1 saturated carbocycles. The number of carbonyl (C=O) groups is 3. The number of carbonyl (C=O) groups excluding carboxylic acids is 3. The van der Waals surface area contributed by atoms with E-state index in [1.807, 2.05) is 30.3 Å². The molecule has 2 heterocycles. The summed E-state index contributed by atoms with van der Waals surface area (Å²) in [6, 6.07) is 9.98. The van der Waals surface area contributed by atoms with Gasteiger partial charge in [0.25, 0.3) is 11.8 Å². The molecule has 0 spiro atoms. The highest BCUT2D eigenvalue weighted by Crippen LogP contribution is 2.38. The van der Waals surface area contributed by atoms with Gasteiger partial charge in [-0.15, -0.1) is 0 Å². The molecule has 0 bridgehead atoms. The van der Waals surface area contributed by atoms with Crippen molar-refractivity contribution in [1.29, 1.82) is 0 Å². The zero-order valence-corrected chi connectivity index (χ0v) is 21.8. The fourth-order valence-corrected chi connectivity index (χ4v) is 6.08. The minimum absolute atomic E-state index is 0.209. The average molecular weight is 504 g/mol. The van der Waals surface area contributed by atoms with Gasteiger partial charge in [-0.1, -0.05) is 38.0 Å². The Hall–Kier alpha value is -3.19. The maximum atomic E-state index is 13.5. The van der Waals surface area contributed by atoms with Crippen LogP contribution < -0.4 is 4.90 Å². The van der Waals surface area contributed by atoms with Crippen LogP contribution in [0.15, 0.2) is 42.5 Å². The first kappa shape index (κ1) is 25.5. The molecule has 3 aliphatic rings. The van der Waals surface area contributed by atoms with Crippen LogP contribution in [0.25, 0.3) is 10.8 Å². The van der Waals surface area contributed by atoms with Crippen molar-refractivity contribution in [3.63, 3.8) is 0 Å². The lowest BCUT2D eigenvalue weighted by Gasteiger charge is -2.37. The van der Waals surface area contributed by atoms with Gasteiger partial charge in [-0.05, 0) is 63.9 Å². The van der Waals surface area contributed by atoms with E-state index in [0.717, 1.165) is 61.8 Å². The first-order valence-corrected chi connectivity index (χ1v) is 13.7. The lowest BCUT2D eigenvalue weighted by atomic mass is 9.90. The molecule has 2 aromatic rings. The Morgan fingerprint density at radius 1 is 0.973 bits per heavy atom. The van der Waals surface area contributed by atoms with Crippen LogP contribution in [0.1, 0.15) is 72.6 Å². The molecule has 1 aliphatic carbocycles. The molecule has 196 valence electrons. The van der Waals surface area contributed by atoms with Gasteiger partial charge < -0.3 is 14.5 Å². The maximum Gasteiger partial charge on any atom is 0.333 e. The van der Waals surface area contributed by atoms with Gasteiger partial charge in [0.15, 0.2) is 0 Å². The van der Waals surface area contributed by atoms with Crippen molar-refractivity contribution in [2.75, 3.05) is 44.2 Å². The molecule has 2 amide bonds. The van der Waals surface area contributed by atoms with Gasteiger partial charge in [-0.2, -0.15) is 0 Å². The number of anilines is 1. The summed E-state index contributed by atoms with van der Waals surface area (Å²) in [5, 5.41) is 1.65. The predicted octanol–water partition coefficient (Wildman–Crippen LogP) is 4.79. The summed E-state index contributed by atoms with van der Waals surface area (Å²) in [4.78, 5) is 45.1. The number of benzene rings is 2. The number of ether oxygens (including phenoxy) is 1. The number of rotatable bonds is 9. The number of imide groups is 1. The molecule has 0 N–H and O–H groups in total. The zero-order chi connectivity index (χ0) is 25.9. The molecule has 2 fully saturated rings. The molecule has 7 nitrogen and oxygen atoms in total. The highest BCUT2D eigenvalue weighted by atomic mass is 16.5. The summed E-state index contributed by atoms with van der Waals surface area (Å²) < 4.78 is 5.46. The number of likely N-dealkylation sites (tertiary alicyclic amines) is 1. The second-order valence-electron chi connectivity index (χ2n) is 10.6. The third kappa shape index (κ3) is 5.14. The van der Waals surface area contributed by atoms with Crippen LogP contribution in [0.5, 0.6) is 0 Å². The predicted molar refractivity (Wildman–Crippen MR) is 145 cm³/mol. The van der Waals surface area contributed by atoms with E-state index < -0.39 is 0 Å². The van der Waals surface area contributed by atoms with Crippen LogP contribution in [-0.4, -0.2) is 73.0 Å². The van der Waals surface area contributed by atoms with E-state index in [9.17, 15) is 14.4 Å². The quantitative estimate of drug-likeness (QED) is 0.278. The maximum absolute atomic E-state index is 13.5. The molecule has 7 heteroatoms. The van der Waals surface area contributed by atoms with Crippen LogP contribution in [-0.2, 0) is 9.53 Å². The highest BCUT2D eigenvalue weighted by Gasteiger charge is 2.34. The van der Waals surface area contributed by atoms with Crippen LogP contribution in [0.3, 0.4) is 0 Å². The van der Waals surface area contributed by atoms with Crippen LogP contribution in [0, 0.1) is 0 Å². The standard InChI is InChI=1S/C30H37N3O4/c1-21(2)30(36)37-20-19-32(22-9-4-3-5-10-22)26-14-13-25-27-23(26)11-8-12-24(27)28(34)33(29(25)35)18-17-31-15-6-7-16-31/h8,11-14,22H,1,3-7,9-10,15-20H2,2H3. The molecule has 0 atom stereocenters. The van der Waals surface area contributed by atoms with E-state index in [-0.39, 0.29) is 24.4 Å².